The van der Waals surface area contributed by atoms with Crippen LogP contribution in [0.2, 0.25) is 0 Å². The molecule has 1 aliphatic heterocycles. The third kappa shape index (κ3) is 8.66. The normalized spacial score (nSPS) is 18.2. The molecule has 2 aromatic rings. The third-order valence-electron chi connectivity index (χ3n) is 6.47. The van der Waals surface area contributed by atoms with Gasteiger partial charge in [0.2, 0.25) is 0 Å². The lowest BCUT2D eigenvalue weighted by molar-refractivity contribution is -0.206. The number of nitrogens with zero attached hydrogens (tertiary/aromatic N) is 1. The Labute approximate surface area is 205 Å². The lowest BCUT2D eigenvalue weighted by Crippen LogP contribution is -2.27. The minimum Gasteiger partial charge on any atom is -0.491 e. The van der Waals surface area contributed by atoms with Crippen LogP contribution in [-0.2, 0) is 9.47 Å². The topological polar surface area (TPSA) is 40.6 Å². The Hall–Kier alpha value is -1.98. The van der Waals surface area contributed by atoms with Crippen molar-refractivity contribution in [2.24, 2.45) is 5.92 Å². The van der Waals surface area contributed by atoms with Gasteiger partial charge in [0.1, 0.15) is 0 Å². The molecule has 0 atom stereocenters. The Kier molecular flexibility index (Phi) is 11.8. The molecule has 1 aromatic heterocycles. The second-order valence-corrected chi connectivity index (χ2v) is 9.45. The van der Waals surface area contributed by atoms with Gasteiger partial charge in [-0.1, -0.05) is 77.7 Å². The van der Waals surface area contributed by atoms with E-state index in [-0.39, 0.29) is 12.1 Å². The van der Waals surface area contributed by atoms with Gasteiger partial charge in [0.05, 0.1) is 25.5 Å². The van der Waals surface area contributed by atoms with E-state index in [4.69, 9.17) is 14.2 Å². The summed E-state index contributed by atoms with van der Waals surface area (Å²) in [6, 6.07) is 8.90. The quantitative estimate of drug-likeness (QED) is 0.245. The van der Waals surface area contributed by atoms with E-state index in [9.17, 15) is 4.39 Å². The molecule has 3 rings (SSSR count). The molecule has 34 heavy (non-hydrogen) atoms. The van der Waals surface area contributed by atoms with Crippen molar-refractivity contribution in [3.05, 3.63) is 47.9 Å². The van der Waals surface area contributed by atoms with E-state index in [0.717, 1.165) is 49.3 Å². The molecule has 1 fully saturated rings. The molecular formula is C29H42FNO3. The number of aromatic nitrogens is 1. The fourth-order valence-electron chi connectivity index (χ4n) is 4.32. The van der Waals surface area contributed by atoms with Crippen LogP contribution in [0, 0.1) is 11.7 Å². The summed E-state index contributed by atoms with van der Waals surface area (Å²) < 4.78 is 32.1. The van der Waals surface area contributed by atoms with Gasteiger partial charge in [0.15, 0.2) is 17.9 Å². The average molecular weight is 472 g/mol. The minimum atomic E-state index is -0.372. The Morgan fingerprint density at radius 3 is 2.24 bits per heavy atom. The Bertz CT molecular complexity index is 819. The van der Waals surface area contributed by atoms with Crippen molar-refractivity contribution >= 4 is 0 Å². The predicted molar refractivity (Wildman–Crippen MR) is 135 cm³/mol. The second-order valence-electron chi connectivity index (χ2n) is 9.45. The summed E-state index contributed by atoms with van der Waals surface area (Å²) >= 11 is 0. The van der Waals surface area contributed by atoms with Crippen molar-refractivity contribution in [2.45, 2.75) is 90.8 Å². The van der Waals surface area contributed by atoms with Gasteiger partial charge in [-0.25, -0.2) is 4.39 Å². The van der Waals surface area contributed by atoms with Crippen LogP contribution >= 0.6 is 0 Å². The number of rotatable bonds is 15. The SMILES string of the molecule is CCCCCCCOc1ccc(-c2ccc([C@H]3OC[C@H](CCCCCCC)CO3)cn2)cc1F. The van der Waals surface area contributed by atoms with Gasteiger partial charge >= 0.3 is 0 Å². The van der Waals surface area contributed by atoms with Crippen molar-refractivity contribution < 1.29 is 18.6 Å². The fraction of sp³-hybridized carbons (Fsp3) is 0.621. The molecule has 188 valence electrons. The number of ether oxygens (including phenoxy) is 3. The number of hydrogen-bond donors (Lipinski definition) is 0. The summed E-state index contributed by atoms with van der Waals surface area (Å²) in [5, 5.41) is 0. The largest absolute Gasteiger partial charge is 0.491 e. The zero-order chi connectivity index (χ0) is 24.0. The van der Waals surface area contributed by atoms with Gasteiger partial charge in [0, 0.05) is 23.2 Å². The maximum absolute atomic E-state index is 14.5. The highest BCUT2D eigenvalue weighted by Crippen LogP contribution is 2.29. The first-order valence-electron chi connectivity index (χ1n) is 13.3. The van der Waals surface area contributed by atoms with E-state index in [2.05, 4.69) is 18.8 Å². The van der Waals surface area contributed by atoms with Crippen LogP contribution in [0.5, 0.6) is 5.75 Å². The highest BCUT2D eigenvalue weighted by atomic mass is 19.1. The zero-order valence-electron chi connectivity index (χ0n) is 21.1. The molecule has 0 aliphatic carbocycles. The van der Waals surface area contributed by atoms with Crippen LogP contribution in [0.15, 0.2) is 36.5 Å². The molecule has 2 heterocycles. The second kappa shape index (κ2) is 15.1. The average Bonchev–Trinajstić information content (AvgIpc) is 2.87. The van der Waals surface area contributed by atoms with Gasteiger partial charge in [-0.05, 0) is 37.1 Å². The van der Waals surface area contributed by atoms with Crippen LogP contribution in [0.25, 0.3) is 11.3 Å². The van der Waals surface area contributed by atoms with E-state index in [0.29, 0.717) is 18.3 Å². The Morgan fingerprint density at radius 1 is 0.882 bits per heavy atom. The maximum Gasteiger partial charge on any atom is 0.185 e. The number of halogens is 1. The molecule has 0 unspecified atom stereocenters. The van der Waals surface area contributed by atoms with Crippen LogP contribution in [0.4, 0.5) is 4.39 Å². The number of unbranched alkanes of at least 4 members (excludes halogenated alkanes) is 8. The van der Waals surface area contributed by atoms with Gasteiger partial charge in [-0.3, -0.25) is 4.98 Å². The monoisotopic (exact) mass is 471 g/mol. The molecule has 4 nitrogen and oxygen atoms in total. The molecule has 0 radical (unpaired) electrons. The van der Waals surface area contributed by atoms with E-state index in [1.165, 1.54) is 57.4 Å². The molecule has 1 aliphatic rings. The van der Waals surface area contributed by atoms with E-state index >= 15 is 0 Å². The summed E-state index contributed by atoms with van der Waals surface area (Å²) in [5.41, 5.74) is 2.34. The van der Waals surface area contributed by atoms with Crippen LogP contribution in [-0.4, -0.2) is 24.8 Å². The summed E-state index contributed by atoms with van der Waals surface area (Å²) in [6.45, 7) is 6.44. The van der Waals surface area contributed by atoms with Crippen LogP contribution < -0.4 is 4.74 Å². The van der Waals surface area contributed by atoms with Crippen molar-refractivity contribution in [2.75, 3.05) is 19.8 Å². The molecule has 0 N–H and O–H groups in total. The molecular weight excluding hydrogens is 429 g/mol. The molecule has 1 aromatic carbocycles. The highest BCUT2D eigenvalue weighted by molar-refractivity contribution is 5.60. The van der Waals surface area contributed by atoms with Crippen LogP contribution in [0.3, 0.4) is 0 Å². The first-order valence-corrected chi connectivity index (χ1v) is 13.3. The number of hydrogen-bond acceptors (Lipinski definition) is 4. The fourth-order valence-corrected chi connectivity index (χ4v) is 4.32. The predicted octanol–water partition coefficient (Wildman–Crippen LogP) is 8.26. The van der Waals surface area contributed by atoms with Gasteiger partial charge < -0.3 is 14.2 Å². The summed E-state index contributed by atoms with van der Waals surface area (Å²) in [4.78, 5) is 4.53. The summed E-state index contributed by atoms with van der Waals surface area (Å²) in [6.07, 6.45) is 14.8. The van der Waals surface area contributed by atoms with Crippen molar-refractivity contribution in [1.82, 2.24) is 4.98 Å². The lowest BCUT2D eigenvalue weighted by Gasteiger charge is -2.29. The molecule has 1 saturated heterocycles. The smallest absolute Gasteiger partial charge is 0.185 e. The molecule has 0 amide bonds. The minimum absolute atomic E-state index is 0.305. The van der Waals surface area contributed by atoms with Crippen molar-refractivity contribution in [3.63, 3.8) is 0 Å². The third-order valence-corrected chi connectivity index (χ3v) is 6.47. The van der Waals surface area contributed by atoms with E-state index in [1.807, 2.05) is 18.2 Å². The zero-order valence-corrected chi connectivity index (χ0v) is 21.1. The standard InChI is InChI=1S/C29H42FNO3/c1-3-5-7-9-11-13-23-21-33-29(34-22-23)25-14-16-27(31-20-25)24-15-17-28(26(30)19-24)32-18-12-10-8-6-4-2/h14-17,19-20,23,29H,3-13,18,21-22H2,1-2H3/t23-,29-. The maximum atomic E-state index is 14.5. The van der Waals surface area contributed by atoms with Gasteiger partial charge in [-0.2, -0.15) is 0 Å². The summed E-state index contributed by atoms with van der Waals surface area (Å²) in [5.74, 6) is 0.432. The summed E-state index contributed by atoms with van der Waals surface area (Å²) in [7, 11) is 0. The van der Waals surface area contributed by atoms with E-state index < -0.39 is 0 Å². The van der Waals surface area contributed by atoms with Crippen molar-refractivity contribution in [1.29, 1.82) is 0 Å². The molecule has 0 spiro atoms. The first kappa shape index (κ1) is 26.6. The number of benzene rings is 1. The van der Waals surface area contributed by atoms with Gasteiger partial charge in [-0.15, -0.1) is 0 Å². The number of pyridine rings is 1. The van der Waals surface area contributed by atoms with E-state index in [1.54, 1.807) is 12.3 Å². The first-order chi connectivity index (χ1) is 16.7. The lowest BCUT2D eigenvalue weighted by atomic mass is 10.0. The van der Waals surface area contributed by atoms with Crippen LogP contribution in [0.1, 0.15) is 96.3 Å². The molecule has 5 heteroatoms. The Balaban J connectivity index is 1.44. The van der Waals surface area contributed by atoms with Gasteiger partial charge in [0.25, 0.3) is 0 Å². The van der Waals surface area contributed by atoms with Crippen molar-refractivity contribution in [3.8, 4) is 17.0 Å². The molecule has 0 bridgehead atoms. The highest BCUT2D eigenvalue weighted by Gasteiger charge is 2.23. The Morgan fingerprint density at radius 2 is 1.59 bits per heavy atom. The molecule has 0 saturated carbocycles.